The summed E-state index contributed by atoms with van der Waals surface area (Å²) in [4.78, 5) is 0. The monoisotopic (exact) mass is 190 g/mol. The van der Waals surface area contributed by atoms with E-state index in [-0.39, 0.29) is 0 Å². The summed E-state index contributed by atoms with van der Waals surface area (Å²) in [5.74, 6) is 3.15. The fraction of sp³-hybridized carbons (Fsp3) is 0.333. The van der Waals surface area contributed by atoms with E-state index in [4.69, 9.17) is 11.2 Å². The van der Waals surface area contributed by atoms with Gasteiger partial charge in [0.25, 0.3) is 0 Å². The maximum Gasteiger partial charge on any atom is 0.150 e. The third-order valence-electron chi connectivity index (χ3n) is 2.32. The van der Waals surface area contributed by atoms with Gasteiger partial charge in [-0.25, -0.2) is 0 Å². The molecule has 1 rings (SSSR count). The Kier molecular flexibility index (Phi) is 3.16. The molecule has 1 unspecified atom stereocenters. The Morgan fingerprint density at radius 1 is 1.43 bits per heavy atom. The molecule has 1 aromatic rings. The van der Waals surface area contributed by atoms with Gasteiger partial charge in [0.05, 0.1) is 7.11 Å². The lowest BCUT2D eigenvalue weighted by Crippen LogP contribution is -2.21. The molecule has 0 aromatic heterocycles. The molecule has 0 aliphatic rings. The number of hydrogen-bond donors (Lipinski definition) is 1. The molecule has 1 atom stereocenters. The molecule has 0 saturated heterocycles. The Morgan fingerprint density at radius 2 is 2.00 bits per heavy atom. The molecule has 0 radical (unpaired) electrons. The van der Waals surface area contributed by atoms with Crippen molar-refractivity contribution in [3.8, 4) is 18.1 Å². The molecule has 0 amide bonds. The summed E-state index contributed by atoms with van der Waals surface area (Å²) in [6.45, 7) is 1.85. The first-order valence-corrected chi connectivity index (χ1v) is 4.51. The Morgan fingerprint density at radius 3 is 2.36 bits per heavy atom. The predicted molar refractivity (Wildman–Crippen MR) is 56.0 cm³/mol. The summed E-state index contributed by atoms with van der Waals surface area (Å²) < 4.78 is 5.02. The highest BCUT2D eigenvalue weighted by Gasteiger charge is 2.23. The fourth-order valence-electron chi connectivity index (χ4n) is 1.26. The topological polar surface area (TPSA) is 29.5 Å². The first kappa shape index (κ1) is 10.6. The molecular formula is C12H14O2. The number of aliphatic hydroxyl groups is 1. The molecule has 0 saturated carbocycles. The lowest BCUT2D eigenvalue weighted by atomic mass is 9.92. The quantitative estimate of drug-likeness (QED) is 0.738. The Balaban J connectivity index is 3.03. The fourth-order valence-corrected chi connectivity index (χ4v) is 1.26. The number of hydrogen-bond acceptors (Lipinski definition) is 2. The minimum absolute atomic E-state index is 0.496. The van der Waals surface area contributed by atoms with E-state index in [1.807, 2.05) is 6.92 Å². The van der Waals surface area contributed by atoms with E-state index in [1.165, 1.54) is 0 Å². The van der Waals surface area contributed by atoms with Crippen LogP contribution in [0.1, 0.15) is 18.9 Å². The molecule has 0 aliphatic heterocycles. The van der Waals surface area contributed by atoms with Crippen molar-refractivity contribution < 1.29 is 9.84 Å². The Labute approximate surface area is 84.5 Å². The molecule has 74 valence electrons. The molecule has 1 N–H and O–H groups in total. The molecule has 0 spiro atoms. The lowest BCUT2D eigenvalue weighted by molar-refractivity contribution is 0.0961. The summed E-state index contributed by atoms with van der Waals surface area (Å²) in [7, 11) is 1.60. The van der Waals surface area contributed by atoms with Gasteiger partial charge in [-0.05, 0) is 24.1 Å². The Hall–Kier alpha value is -1.46. The number of terminal acetylenes is 1. The first-order valence-electron chi connectivity index (χ1n) is 4.51. The second-order valence-corrected chi connectivity index (χ2v) is 3.09. The van der Waals surface area contributed by atoms with Gasteiger partial charge < -0.3 is 9.84 Å². The van der Waals surface area contributed by atoms with E-state index in [1.54, 1.807) is 31.4 Å². The molecule has 0 bridgehead atoms. The van der Waals surface area contributed by atoms with Crippen molar-refractivity contribution in [2.24, 2.45) is 0 Å². The highest BCUT2D eigenvalue weighted by atomic mass is 16.5. The zero-order valence-electron chi connectivity index (χ0n) is 8.45. The average molecular weight is 190 g/mol. The van der Waals surface area contributed by atoms with Gasteiger partial charge in [0, 0.05) is 0 Å². The van der Waals surface area contributed by atoms with Gasteiger partial charge in [0.15, 0.2) is 0 Å². The molecule has 2 heteroatoms. The smallest absolute Gasteiger partial charge is 0.150 e. The summed E-state index contributed by atoms with van der Waals surface area (Å²) in [6, 6.07) is 7.13. The van der Waals surface area contributed by atoms with Crippen LogP contribution in [0.25, 0.3) is 0 Å². The average Bonchev–Trinajstić information content (AvgIpc) is 2.28. The van der Waals surface area contributed by atoms with Gasteiger partial charge in [0.2, 0.25) is 0 Å². The van der Waals surface area contributed by atoms with Crippen LogP contribution in [0.4, 0.5) is 0 Å². The molecule has 1 aromatic carbocycles. The molecule has 14 heavy (non-hydrogen) atoms. The van der Waals surface area contributed by atoms with Crippen molar-refractivity contribution in [3.05, 3.63) is 29.8 Å². The van der Waals surface area contributed by atoms with Crippen LogP contribution in [0, 0.1) is 12.3 Å². The van der Waals surface area contributed by atoms with Crippen LogP contribution in [-0.2, 0) is 5.60 Å². The van der Waals surface area contributed by atoms with Crippen molar-refractivity contribution >= 4 is 0 Å². The lowest BCUT2D eigenvalue weighted by Gasteiger charge is -2.20. The summed E-state index contributed by atoms with van der Waals surface area (Å²) in [5, 5.41) is 9.99. The zero-order valence-corrected chi connectivity index (χ0v) is 8.45. The predicted octanol–water partition coefficient (Wildman–Crippen LogP) is 1.93. The third-order valence-corrected chi connectivity index (χ3v) is 2.32. The second kappa shape index (κ2) is 4.17. The third kappa shape index (κ3) is 1.89. The maximum atomic E-state index is 9.99. The van der Waals surface area contributed by atoms with Crippen LogP contribution in [0.3, 0.4) is 0 Å². The minimum Gasteiger partial charge on any atom is -0.497 e. The minimum atomic E-state index is -1.16. The summed E-state index contributed by atoms with van der Waals surface area (Å²) in [6.07, 6.45) is 5.78. The van der Waals surface area contributed by atoms with Crippen molar-refractivity contribution in [2.75, 3.05) is 7.11 Å². The van der Waals surface area contributed by atoms with Gasteiger partial charge in [-0.1, -0.05) is 25.0 Å². The van der Waals surface area contributed by atoms with Gasteiger partial charge >= 0.3 is 0 Å². The molecule has 0 heterocycles. The van der Waals surface area contributed by atoms with Crippen molar-refractivity contribution in [2.45, 2.75) is 18.9 Å². The standard InChI is InChI=1S/C12H14O2/c1-4-12(13,5-2)10-6-8-11(14-3)9-7-10/h1,6-9,13H,5H2,2-3H3. The molecule has 0 fully saturated rings. The molecular weight excluding hydrogens is 176 g/mol. The zero-order chi connectivity index (χ0) is 10.6. The van der Waals surface area contributed by atoms with Crippen molar-refractivity contribution in [1.82, 2.24) is 0 Å². The maximum absolute atomic E-state index is 9.99. The molecule has 0 aliphatic carbocycles. The normalized spacial score (nSPS) is 14.1. The van der Waals surface area contributed by atoms with Crippen molar-refractivity contribution in [3.63, 3.8) is 0 Å². The van der Waals surface area contributed by atoms with Crippen LogP contribution < -0.4 is 4.74 Å². The molecule has 2 nitrogen and oxygen atoms in total. The van der Waals surface area contributed by atoms with Gasteiger partial charge in [-0.2, -0.15) is 0 Å². The van der Waals surface area contributed by atoms with Crippen molar-refractivity contribution in [1.29, 1.82) is 0 Å². The summed E-state index contributed by atoms with van der Waals surface area (Å²) in [5.41, 5.74) is -0.435. The Bertz CT molecular complexity index is 334. The van der Waals surface area contributed by atoms with Gasteiger partial charge in [-0.3, -0.25) is 0 Å². The first-order chi connectivity index (χ1) is 6.66. The van der Waals surface area contributed by atoms with E-state index < -0.39 is 5.60 Å². The summed E-state index contributed by atoms with van der Waals surface area (Å²) >= 11 is 0. The van der Waals surface area contributed by atoms with Crippen LogP contribution in [0.5, 0.6) is 5.75 Å². The van der Waals surface area contributed by atoms with E-state index in [0.29, 0.717) is 6.42 Å². The number of methoxy groups -OCH3 is 1. The van der Waals surface area contributed by atoms with E-state index in [0.717, 1.165) is 11.3 Å². The SMILES string of the molecule is C#CC(O)(CC)c1ccc(OC)cc1. The number of ether oxygens (including phenoxy) is 1. The largest absolute Gasteiger partial charge is 0.497 e. The highest BCUT2D eigenvalue weighted by molar-refractivity contribution is 5.35. The van der Waals surface area contributed by atoms with Crippen LogP contribution in [-0.4, -0.2) is 12.2 Å². The van der Waals surface area contributed by atoms with Crippen LogP contribution in [0.15, 0.2) is 24.3 Å². The second-order valence-electron chi connectivity index (χ2n) is 3.09. The van der Waals surface area contributed by atoms with E-state index in [2.05, 4.69) is 5.92 Å². The van der Waals surface area contributed by atoms with E-state index >= 15 is 0 Å². The van der Waals surface area contributed by atoms with Crippen LogP contribution in [0.2, 0.25) is 0 Å². The van der Waals surface area contributed by atoms with E-state index in [9.17, 15) is 5.11 Å². The number of benzene rings is 1. The van der Waals surface area contributed by atoms with Crippen LogP contribution >= 0.6 is 0 Å². The van der Waals surface area contributed by atoms with Gasteiger partial charge in [0.1, 0.15) is 11.4 Å². The highest BCUT2D eigenvalue weighted by Crippen LogP contribution is 2.25. The number of rotatable bonds is 3. The van der Waals surface area contributed by atoms with Gasteiger partial charge in [-0.15, -0.1) is 6.42 Å².